The molecule has 1 spiro atoms. The minimum atomic E-state index is -0.848. The quantitative estimate of drug-likeness (QED) is 0.214. The highest BCUT2D eigenvalue weighted by molar-refractivity contribution is 5.85. The smallest absolute Gasteiger partial charge is 0.166 e. The SMILES string of the molecule is COCCOCCOCCOCCOCCOCCO[C@H]1CC[C@@]2(O)[C@H]3Cc4ccc(OC)c5c4[C@@]2(CCN3C)[C@H]1O5.Cl. The number of methoxy groups -OCH3 is 2. The van der Waals surface area contributed by atoms with Crippen LogP contribution < -0.4 is 9.47 Å². The molecule has 1 N–H and O–H groups in total. The Bertz CT molecular complexity index is 1000. The van der Waals surface area contributed by atoms with Gasteiger partial charge in [-0.3, -0.25) is 0 Å². The summed E-state index contributed by atoms with van der Waals surface area (Å²) in [6.45, 7) is 7.19. The molecular weight excluding hydrogens is 582 g/mol. The van der Waals surface area contributed by atoms with Gasteiger partial charge in [0, 0.05) is 18.7 Å². The number of ether oxygens (including phenoxy) is 9. The normalized spacial score (nSPS) is 28.7. The van der Waals surface area contributed by atoms with Crippen molar-refractivity contribution in [2.24, 2.45) is 0 Å². The molecule has 2 fully saturated rings. The van der Waals surface area contributed by atoms with Crippen molar-refractivity contribution in [2.75, 3.05) is 107 Å². The summed E-state index contributed by atoms with van der Waals surface area (Å²) in [6, 6.07) is 4.23. The second kappa shape index (κ2) is 16.4. The van der Waals surface area contributed by atoms with Crippen LogP contribution in [0.3, 0.4) is 0 Å². The zero-order chi connectivity index (χ0) is 29.4. The van der Waals surface area contributed by atoms with Gasteiger partial charge in [0.15, 0.2) is 11.5 Å². The van der Waals surface area contributed by atoms with Crippen LogP contribution >= 0.6 is 12.4 Å². The number of rotatable bonds is 20. The predicted molar refractivity (Wildman–Crippen MR) is 161 cm³/mol. The summed E-state index contributed by atoms with van der Waals surface area (Å²) in [5, 5.41) is 12.3. The van der Waals surface area contributed by atoms with Crippen molar-refractivity contribution in [1.29, 1.82) is 0 Å². The van der Waals surface area contributed by atoms with Crippen LogP contribution in [0.4, 0.5) is 0 Å². The monoisotopic (exact) mass is 631 g/mol. The predicted octanol–water partition coefficient (Wildman–Crippen LogP) is 2.02. The minimum Gasteiger partial charge on any atom is -0.493 e. The lowest BCUT2D eigenvalue weighted by Crippen LogP contribution is -2.76. The Morgan fingerprint density at radius 1 is 0.837 bits per heavy atom. The van der Waals surface area contributed by atoms with Gasteiger partial charge in [-0.1, -0.05) is 6.07 Å². The van der Waals surface area contributed by atoms with Crippen LogP contribution in [0.25, 0.3) is 0 Å². The lowest BCUT2D eigenvalue weighted by atomic mass is 9.48. The molecule has 1 saturated heterocycles. The highest BCUT2D eigenvalue weighted by Gasteiger charge is 2.72. The summed E-state index contributed by atoms with van der Waals surface area (Å²) in [5.74, 6) is 1.53. The zero-order valence-corrected chi connectivity index (χ0v) is 26.7. The standard InChI is InChI=1S/C31H49NO10.ClH/c1-32-9-8-30-27-23-4-5-24(35-3)28(27)42-29(30)25(6-7-31(30,33)26(32)22-23)41-21-20-40-19-18-39-17-16-38-15-14-37-13-12-36-11-10-34-2;/h4-5,25-26,29,33H,6-22H2,1-3H3;1H/t25-,26+,29-,30-,31+;/m0./s1. The maximum absolute atomic E-state index is 12.3. The van der Waals surface area contributed by atoms with Crippen molar-refractivity contribution in [2.45, 2.75) is 54.9 Å². The lowest BCUT2D eigenvalue weighted by molar-refractivity contribution is -0.213. The Balaban J connectivity index is 0.00000423. The molecule has 12 heteroatoms. The summed E-state index contributed by atoms with van der Waals surface area (Å²) >= 11 is 0. The van der Waals surface area contributed by atoms with Gasteiger partial charge >= 0.3 is 0 Å². The van der Waals surface area contributed by atoms with E-state index in [4.69, 9.17) is 42.6 Å². The third kappa shape index (κ3) is 7.11. The number of benzene rings is 1. The molecule has 1 aromatic rings. The second-order valence-corrected chi connectivity index (χ2v) is 11.5. The average molecular weight is 632 g/mol. The van der Waals surface area contributed by atoms with Crippen LogP contribution in [0.15, 0.2) is 12.1 Å². The fraction of sp³-hybridized carbons (Fsp3) is 0.806. The van der Waals surface area contributed by atoms with Crippen molar-refractivity contribution in [3.63, 3.8) is 0 Å². The van der Waals surface area contributed by atoms with Crippen molar-refractivity contribution in [3.8, 4) is 11.5 Å². The Hall–Kier alpha value is -1.25. The van der Waals surface area contributed by atoms with Crippen LogP contribution in [0, 0.1) is 0 Å². The molecule has 4 aliphatic rings. The molecule has 1 saturated carbocycles. The largest absolute Gasteiger partial charge is 0.493 e. The van der Waals surface area contributed by atoms with Gasteiger partial charge in [0.05, 0.1) is 104 Å². The number of hydrogen-bond donors (Lipinski definition) is 1. The number of likely N-dealkylation sites (tertiary alicyclic amines) is 1. The van der Waals surface area contributed by atoms with Gasteiger partial charge in [0.1, 0.15) is 6.10 Å². The van der Waals surface area contributed by atoms with E-state index in [1.807, 2.05) is 6.07 Å². The number of hydrogen-bond acceptors (Lipinski definition) is 11. The molecule has 2 aliphatic heterocycles. The Morgan fingerprint density at radius 2 is 1.42 bits per heavy atom. The molecule has 0 aromatic heterocycles. The fourth-order valence-electron chi connectivity index (χ4n) is 7.41. The van der Waals surface area contributed by atoms with Gasteiger partial charge in [0.2, 0.25) is 0 Å². The van der Waals surface area contributed by atoms with Gasteiger partial charge < -0.3 is 52.6 Å². The first-order valence-corrected chi connectivity index (χ1v) is 15.4. The molecule has 0 unspecified atom stereocenters. The highest BCUT2D eigenvalue weighted by Crippen LogP contribution is 2.65. The first-order chi connectivity index (χ1) is 20.6. The van der Waals surface area contributed by atoms with Gasteiger partial charge in [-0.25, -0.2) is 0 Å². The number of nitrogens with zero attached hydrogens (tertiary/aromatic N) is 1. The van der Waals surface area contributed by atoms with Crippen molar-refractivity contribution < 1.29 is 47.7 Å². The van der Waals surface area contributed by atoms with E-state index in [0.717, 1.165) is 42.9 Å². The third-order valence-corrected chi connectivity index (χ3v) is 9.36. The number of likely N-dealkylation sites (N-methyl/N-ethyl adjacent to an activating group) is 1. The molecule has 5 atom stereocenters. The minimum absolute atomic E-state index is 0. The van der Waals surface area contributed by atoms with Crippen LogP contribution in [0.1, 0.15) is 30.4 Å². The van der Waals surface area contributed by atoms with E-state index in [9.17, 15) is 5.11 Å². The molecule has 2 bridgehead atoms. The van der Waals surface area contributed by atoms with Crippen LogP contribution in [-0.2, 0) is 45.0 Å². The Morgan fingerprint density at radius 3 is 2.00 bits per heavy atom. The molecule has 2 aliphatic carbocycles. The summed E-state index contributed by atoms with van der Waals surface area (Å²) in [7, 11) is 5.46. The first-order valence-electron chi connectivity index (χ1n) is 15.4. The molecular formula is C31H50ClNO10. The molecule has 43 heavy (non-hydrogen) atoms. The van der Waals surface area contributed by atoms with Gasteiger partial charge in [-0.2, -0.15) is 0 Å². The zero-order valence-electron chi connectivity index (χ0n) is 25.9. The van der Waals surface area contributed by atoms with Crippen LogP contribution in [-0.4, -0.2) is 141 Å². The van der Waals surface area contributed by atoms with Gasteiger partial charge in [-0.15, -0.1) is 12.4 Å². The lowest BCUT2D eigenvalue weighted by Gasteiger charge is -2.63. The Labute approximate surface area is 261 Å². The molecule has 2 heterocycles. The van der Waals surface area contributed by atoms with E-state index in [0.29, 0.717) is 85.7 Å². The van der Waals surface area contributed by atoms with E-state index in [2.05, 4.69) is 18.0 Å². The van der Waals surface area contributed by atoms with Crippen LogP contribution in [0.2, 0.25) is 0 Å². The number of piperidine rings is 1. The molecule has 1 aromatic carbocycles. The average Bonchev–Trinajstić information content (AvgIpc) is 3.35. The maximum atomic E-state index is 12.3. The molecule has 246 valence electrons. The van der Waals surface area contributed by atoms with Gasteiger partial charge in [-0.05, 0) is 50.9 Å². The van der Waals surface area contributed by atoms with E-state index < -0.39 is 11.0 Å². The van der Waals surface area contributed by atoms with E-state index in [1.54, 1.807) is 14.2 Å². The highest BCUT2D eigenvalue weighted by atomic mass is 35.5. The summed E-state index contributed by atoms with van der Waals surface area (Å²) in [6.07, 6.45) is 2.72. The third-order valence-electron chi connectivity index (χ3n) is 9.36. The van der Waals surface area contributed by atoms with E-state index in [-0.39, 0.29) is 30.7 Å². The van der Waals surface area contributed by atoms with Crippen molar-refractivity contribution >= 4 is 12.4 Å². The van der Waals surface area contributed by atoms with Crippen LogP contribution in [0.5, 0.6) is 11.5 Å². The number of aliphatic hydroxyl groups is 1. The molecule has 11 nitrogen and oxygen atoms in total. The maximum Gasteiger partial charge on any atom is 0.166 e. The summed E-state index contributed by atoms with van der Waals surface area (Å²) < 4.78 is 51.3. The van der Waals surface area contributed by atoms with Gasteiger partial charge in [0.25, 0.3) is 0 Å². The Kier molecular flexibility index (Phi) is 13.2. The summed E-state index contributed by atoms with van der Waals surface area (Å²) in [4.78, 5) is 2.33. The fourth-order valence-corrected chi connectivity index (χ4v) is 7.41. The topological polar surface area (TPSA) is 107 Å². The van der Waals surface area contributed by atoms with Crippen molar-refractivity contribution in [3.05, 3.63) is 23.3 Å². The van der Waals surface area contributed by atoms with E-state index in [1.165, 1.54) is 5.56 Å². The van der Waals surface area contributed by atoms with Crippen molar-refractivity contribution in [1.82, 2.24) is 4.90 Å². The molecule has 5 rings (SSSR count). The number of halogens is 1. The molecule has 0 amide bonds. The van der Waals surface area contributed by atoms with E-state index >= 15 is 0 Å². The molecule has 0 radical (unpaired) electrons. The second-order valence-electron chi connectivity index (χ2n) is 11.5. The first kappa shape index (κ1) is 34.6. The summed E-state index contributed by atoms with van der Waals surface area (Å²) in [5.41, 5.74) is 1.09.